The number of rotatable bonds is 3. The molecule has 0 saturated heterocycles. The molecule has 0 spiro atoms. The van der Waals surface area contributed by atoms with E-state index in [2.05, 4.69) is 9.97 Å². The smallest absolute Gasteiger partial charge is 0.260 e. The summed E-state index contributed by atoms with van der Waals surface area (Å²) < 4.78 is 0. The Morgan fingerprint density at radius 1 is 1.32 bits per heavy atom. The molecule has 1 N–H and O–H groups in total. The third-order valence-electron chi connectivity index (χ3n) is 3.98. The van der Waals surface area contributed by atoms with Crippen molar-refractivity contribution in [2.24, 2.45) is 5.41 Å². The lowest BCUT2D eigenvalue weighted by molar-refractivity contribution is -0.123. The number of hydrogen-bond donors (Lipinski definition) is 1. The van der Waals surface area contributed by atoms with Crippen molar-refractivity contribution in [3.63, 3.8) is 0 Å². The summed E-state index contributed by atoms with van der Waals surface area (Å²) in [6, 6.07) is 0. The zero-order valence-corrected chi connectivity index (χ0v) is 14.7. The maximum atomic E-state index is 12.4. The number of nitrogens with zero attached hydrogens (tertiary/aromatic N) is 1. The van der Waals surface area contributed by atoms with Gasteiger partial charge >= 0.3 is 0 Å². The number of carbonyl (C=O) groups excluding carboxylic acids is 1. The first kappa shape index (κ1) is 15.7. The predicted octanol–water partition coefficient (Wildman–Crippen LogP) is 3.57. The SMILES string of the molecule is CC(C)(C)C(=O)CSc1nc2sc3c(c2c(=O)[nH]1)CCCC3. The molecule has 0 amide bonds. The average molecular weight is 336 g/mol. The summed E-state index contributed by atoms with van der Waals surface area (Å²) >= 11 is 2.96. The van der Waals surface area contributed by atoms with Gasteiger partial charge in [0.2, 0.25) is 0 Å². The molecule has 3 rings (SSSR count). The summed E-state index contributed by atoms with van der Waals surface area (Å²) in [6.45, 7) is 5.72. The lowest BCUT2D eigenvalue weighted by atomic mass is 9.92. The van der Waals surface area contributed by atoms with E-state index in [0.717, 1.165) is 29.5 Å². The lowest BCUT2D eigenvalue weighted by Gasteiger charge is -2.15. The number of Topliss-reactive ketones (excluding diaryl/α,β-unsaturated/α-hetero) is 1. The largest absolute Gasteiger partial charge is 0.301 e. The number of ketones is 1. The second-order valence-electron chi connectivity index (χ2n) is 6.72. The van der Waals surface area contributed by atoms with Crippen LogP contribution in [0, 0.1) is 5.41 Å². The Morgan fingerprint density at radius 2 is 2.05 bits per heavy atom. The first-order chi connectivity index (χ1) is 10.4. The van der Waals surface area contributed by atoms with Crippen molar-refractivity contribution in [3.05, 3.63) is 20.8 Å². The number of thioether (sulfide) groups is 1. The highest BCUT2D eigenvalue weighted by Crippen LogP contribution is 2.34. The molecule has 0 atom stereocenters. The molecule has 0 bridgehead atoms. The van der Waals surface area contributed by atoms with Gasteiger partial charge in [-0.1, -0.05) is 32.5 Å². The first-order valence-corrected chi connectivity index (χ1v) is 9.37. The van der Waals surface area contributed by atoms with E-state index in [1.807, 2.05) is 20.8 Å². The highest BCUT2D eigenvalue weighted by molar-refractivity contribution is 7.99. The van der Waals surface area contributed by atoms with E-state index in [1.165, 1.54) is 28.6 Å². The van der Waals surface area contributed by atoms with E-state index in [9.17, 15) is 9.59 Å². The van der Waals surface area contributed by atoms with Crippen molar-refractivity contribution in [1.29, 1.82) is 0 Å². The topological polar surface area (TPSA) is 62.8 Å². The van der Waals surface area contributed by atoms with E-state index in [1.54, 1.807) is 11.3 Å². The van der Waals surface area contributed by atoms with Crippen LogP contribution in [0.15, 0.2) is 9.95 Å². The van der Waals surface area contributed by atoms with Crippen LogP contribution in [0.3, 0.4) is 0 Å². The molecule has 2 heterocycles. The van der Waals surface area contributed by atoms with Crippen LogP contribution in [0.2, 0.25) is 0 Å². The average Bonchev–Trinajstić information content (AvgIpc) is 2.82. The van der Waals surface area contributed by atoms with Gasteiger partial charge < -0.3 is 4.98 Å². The van der Waals surface area contributed by atoms with Gasteiger partial charge in [-0.05, 0) is 31.2 Å². The fraction of sp³-hybridized carbons (Fsp3) is 0.562. The minimum atomic E-state index is -0.362. The number of aryl methyl sites for hydroxylation is 2. The Kier molecular flexibility index (Phi) is 4.16. The number of H-pyrrole nitrogens is 1. The van der Waals surface area contributed by atoms with Crippen LogP contribution in [0.4, 0.5) is 0 Å². The van der Waals surface area contributed by atoms with Crippen molar-refractivity contribution in [2.45, 2.75) is 51.6 Å². The summed E-state index contributed by atoms with van der Waals surface area (Å²) in [5.41, 5.74) is 0.775. The number of nitrogens with one attached hydrogen (secondary N) is 1. The Morgan fingerprint density at radius 3 is 2.77 bits per heavy atom. The first-order valence-electron chi connectivity index (χ1n) is 7.57. The fourth-order valence-corrected chi connectivity index (χ4v) is 4.90. The number of fused-ring (bicyclic) bond motifs is 3. The molecule has 6 heteroatoms. The molecule has 0 aliphatic heterocycles. The Balaban J connectivity index is 1.90. The summed E-state index contributed by atoms with van der Waals surface area (Å²) in [6.07, 6.45) is 4.38. The van der Waals surface area contributed by atoms with E-state index in [-0.39, 0.29) is 16.8 Å². The quantitative estimate of drug-likeness (QED) is 0.687. The van der Waals surface area contributed by atoms with Gasteiger partial charge in [0.25, 0.3) is 5.56 Å². The highest BCUT2D eigenvalue weighted by atomic mass is 32.2. The van der Waals surface area contributed by atoms with Gasteiger partial charge in [0.05, 0.1) is 11.1 Å². The predicted molar refractivity (Wildman–Crippen MR) is 92.1 cm³/mol. The second kappa shape index (κ2) is 5.81. The fourth-order valence-electron chi connectivity index (χ4n) is 2.56. The van der Waals surface area contributed by atoms with Crippen LogP contribution in [0.25, 0.3) is 10.2 Å². The van der Waals surface area contributed by atoms with Gasteiger partial charge in [0, 0.05) is 10.3 Å². The number of aromatic amines is 1. The van der Waals surface area contributed by atoms with Crippen LogP contribution in [-0.4, -0.2) is 21.5 Å². The minimum Gasteiger partial charge on any atom is -0.301 e. The molecule has 2 aromatic heterocycles. The minimum absolute atomic E-state index is 0.0601. The summed E-state index contributed by atoms with van der Waals surface area (Å²) in [7, 11) is 0. The molecule has 1 aliphatic carbocycles. The van der Waals surface area contributed by atoms with Crippen LogP contribution in [0.1, 0.15) is 44.1 Å². The van der Waals surface area contributed by atoms with Gasteiger partial charge in [0.15, 0.2) is 5.16 Å². The lowest BCUT2D eigenvalue weighted by Crippen LogP contribution is -2.22. The molecule has 4 nitrogen and oxygen atoms in total. The third kappa shape index (κ3) is 2.99. The third-order valence-corrected chi connectivity index (χ3v) is 6.04. The molecule has 1 aliphatic rings. The van der Waals surface area contributed by atoms with Gasteiger partial charge in [-0.2, -0.15) is 0 Å². The van der Waals surface area contributed by atoms with Crippen molar-refractivity contribution in [2.75, 3.05) is 5.75 Å². The van der Waals surface area contributed by atoms with E-state index < -0.39 is 0 Å². The number of hydrogen-bond acceptors (Lipinski definition) is 5. The number of thiophene rings is 1. The van der Waals surface area contributed by atoms with Gasteiger partial charge in [-0.15, -0.1) is 11.3 Å². The van der Waals surface area contributed by atoms with E-state index in [4.69, 9.17) is 0 Å². The highest BCUT2D eigenvalue weighted by Gasteiger charge is 2.23. The molecule has 0 aromatic carbocycles. The zero-order valence-electron chi connectivity index (χ0n) is 13.1. The van der Waals surface area contributed by atoms with Crippen LogP contribution >= 0.6 is 23.1 Å². The summed E-state index contributed by atoms with van der Waals surface area (Å²) in [5.74, 6) is 0.494. The zero-order chi connectivity index (χ0) is 15.9. The number of aromatic nitrogens is 2. The maximum Gasteiger partial charge on any atom is 0.260 e. The van der Waals surface area contributed by atoms with Gasteiger partial charge in [-0.25, -0.2) is 4.98 Å². The summed E-state index contributed by atoms with van der Waals surface area (Å²) in [5, 5.41) is 1.32. The molecule has 22 heavy (non-hydrogen) atoms. The monoisotopic (exact) mass is 336 g/mol. The van der Waals surface area contributed by atoms with Gasteiger partial charge in [-0.3, -0.25) is 9.59 Å². The molecule has 0 radical (unpaired) electrons. The molecular weight excluding hydrogens is 316 g/mol. The Labute approximate surface area is 137 Å². The van der Waals surface area contributed by atoms with Crippen LogP contribution in [-0.2, 0) is 17.6 Å². The van der Waals surface area contributed by atoms with Crippen molar-refractivity contribution >= 4 is 39.1 Å². The Bertz CT molecular complexity index is 784. The molecule has 118 valence electrons. The second-order valence-corrected chi connectivity index (χ2v) is 8.77. The van der Waals surface area contributed by atoms with Crippen molar-refractivity contribution in [3.8, 4) is 0 Å². The van der Waals surface area contributed by atoms with Crippen molar-refractivity contribution < 1.29 is 4.79 Å². The van der Waals surface area contributed by atoms with Crippen LogP contribution < -0.4 is 5.56 Å². The number of carbonyl (C=O) groups is 1. The Hall–Kier alpha value is -1.14. The summed E-state index contributed by atoms with van der Waals surface area (Å²) in [4.78, 5) is 33.9. The molecule has 0 fully saturated rings. The normalized spacial score (nSPS) is 15.0. The van der Waals surface area contributed by atoms with Crippen molar-refractivity contribution in [1.82, 2.24) is 9.97 Å². The molecular formula is C16H20N2O2S2. The maximum absolute atomic E-state index is 12.4. The van der Waals surface area contributed by atoms with E-state index in [0.29, 0.717) is 10.9 Å². The molecule has 2 aromatic rings. The van der Waals surface area contributed by atoms with E-state index >= 15 is 0 Å². The van der Waals surface area contributed by atoms with Crippen LogP contribution in [0.5, 0.6) is 0 Å². The van der Waals surface area contributed by atoms with Gasteiger partial charge in [0.1, 0.15) is 10.6 Å². The standard InChI is InChI=1S/C16H20N2O2S2/c1-16(2,3)11(19)8-21-15-17-13(20)12-9-6-4-5-7-10(9)22-14(12)18-15/h4-8H2,1-3H3,(H,17,18,20). The molecule has 0 unspecified atom stereocenters. The molecule has 0 saturated carbocycles.